The number of hydrogen-bond acceptors (Lipinski definition) is 3. The van der Waals surface area contributed by atoms with Gasteiger partial charge in [0.25, 0.3) is 0 Å². The molecule has 0 bridgehead atoms. The van der Waals surface area contributed by atoms with Crippen molar-refractivity contribution < 1.29 is 14.6 Å². The number of hydrogen-bond donors (Lipinski definition) is 1. The Labute approximate surface area is 140 Å². The van der Waals surface area contributed by atoms with Crippen molar-refractivity contribution in [2.45, 2.75) is 76.9 Å². The van der Waals surface area contributed by atoms with Gasteiger partial charge in [0, 0.05) is 13.5 Å². The molecule has 0 aromatic rings. The van der Waals surface area contributed by atoms with Crippen LogP contribution in [0, 0.1) is 35.0 Å². The SMILES string of the molecule is CO[C@@H]1C[C@H]2[C@@H](CC[C@@H]3C[C@](C)(O)CC[C@@H]32)[C@@H]2CCC(=O)[C@@]12C. The molecule has 4 saturated carbocycles. The molecular weight excluding hydrogens is 288 g/mol. The third kappa shape index (κ3) is 2.26. The molecule has 0 unspecified atom stereocenters. The van der Waals surface area contributed by atoms with E-state index in [1.54, 1.807) is 7.11 Å². The zero-order valence-electron chi connectivity index (χ0n) is 14.9. The van der Waals surface area contributed by atoms with Gasteiger partial charge in [0.05, 0.1) is 17.1 Å². The summed E-state index contributed by atoms with van der Waals surface area (Å²) in [4.78, 5) is 12.6. The summed E-state index contributed by atoms with van der Waals surface area (Å²) in [5, 5.41) is 10.5. The summed E-state index contributed by atoms with van der Waals surface area (Å²) in [7, 11) is 1.80. The number of Topliss-reactive ketones (excluding diaryl/α,β-unsaturated/α-hetero) is 1. The summed E-state index contributed by atoms with van der Waals surface area (Å²) < 4.78 is 5.88. The van der Waals surface area contributed by atoms with Gasteiger partial charge in [0.1, 0.15) is 5.78 Å². The Morgan fingerprint density at radius 3 is 2.61 bits per heavy atom. The lowest BCUT2D eigenvalue weighted by atomic mass is 9.49. The van der Waals surface area contributed by atoms with E-state index >= 15 is 0 Å². The van der Waals surface area contributed by atoms with Crippen molar-refractivity contribution in [1.29, 1.82) is 0 Å². The molecule has 3 heteroatoms. The monoisotopic (exact) mass is 320 g/mol. The lowest BCUT2D eigenvalue weighted by Crippen LogP contribution is -2.56. The first kappa shape index (κ1) is 16.1. The average Bonchev–Trinajstić information content (AvgIpc) is 2.81. The molecule has 23 heavy (non-hydrogen) atoms. The number of carbonyl (C=O) groups is 1. The van der Waals surface area contributed by atoms with Gasteiger partial charge in [-0.3, -0.25) is 4.79 Å². The third-order valence-corrected chi connectivity index (χ3v) is 8.30. The van der Waals surface area contributed by atoms with Gasteiger partial charge in [0.15, 0.2) is 0 Å². The largest absolute Gasteiger partial charge is 0.390 e. The van der Waals surface area contributed by atoms with Gasteiger partial charge in [-0.1, -0.05) is 0 Å². The highest BCUT2D eigenvalue weighted by Crippen LogP contribution is 2.62. The maximum absolute atomic E-state index is 12.6. The van der Waals surface area contributed by atoms with Gasteiger partial charge in [-0.2, -0.15) is 0 Å². The summed E-state index contributed by atoms with van der Waals surface area (Å²) in [6.07, 6.45) is 8.57. The van der Waals surface area contributed by atoms with E-state index < -0.39 is 5.60 Å². The Kier molecular flexibility index (Phi) is 3.70. The molecule has 3 nitrogen and oxygen atoms in total. The number of fused-ring (bicyclic) bond motifs is 5. The topological polar surface area (TPSA) is 46.5 Å². The van der Waals surface area contributed by atoms with Crippen LogP contribution >= 0.6 is 0 Å². The van der Waals surface area contributed by atoms with E-state index in [-0.39, 0.29) is 11.5 Å². The minimum atomic E-state index is -0.457. The fourth-order valence-electron chi connectivity index (χ4n) is 7.17. The van der Waals surface area contributed by atoms with E-state index in [1.165, 1.54) is 12.8 Å². The Balaban J connectivity index is 1.63. The smallest absolute Gasteiger partial charge is 0.141 e. The van der Waals surface area contributed by atoms with Gasteiger partial charge in [-0.15, -0.1) is 0 Å². The fourth-order valence-corrected chi connectivity index (χ4v) is 7.17. The molecule has 1 N–H and O–H groups in total. The predicted molar refractivity (Wildman–Crippen MR) is 88.9 cm³/mol. The first-order chi connectivity index (χ1) is 10.9. The van der Waals surface area contributed by atoms with Crippen LogP contribution in [0.4, 0.5) is 0 Å². The molecule has 4 aliphatic carbocycles. The van der Waals surface area contributed by atoms with Crippen LogP contribution in [-0.4, -0.2) is 29.7 Å². The number of methoxy groups -OCH3 is 1. The molecule has 8 atom stereocenters. The van der Waals surface area contributed by atoms with Crippen molar-refractivity contribution in [3.63, 3.8) is 0 Å². The van der Waals surface area contributed by atoms with Crippen molar-refractivity contribution in [3.05, 3.63) is 0 Å². The Hall–Kier alpha value is -0.410. The highest BCUT2D eigenvalue weighted by molar-refractivity contribution is 5.87. The summed E-state index contributed by atoms with van der Waals surface area (Å²) >= 11 is 0. The molecule has 0 aromatic heterocycles. The minimum Gasteiger partial charge on any atom is -0.390 e. The van der Waals surface area contributed by atoms with E-state index in [4.69, 9.17) is 4.74 Å². The normalized spacial score (nSPS) is 55.9. The van der Waals surface area contributed by atoms with Gasteiger partial charge < -0.3 is 9.84 Å². The van der Waals surface area contributed by atoms with E-state index in [0.29, 0.717) is 29.5 Å². The average molecular weight is 320 g/mol. The molecule has 0 spiro atoms. The molecule has 0 radical (unpaired) electrons. The van der Waals surface area contributed by atoms with Crippen molar-refractivity contribution in [2.24, 2.45) is 35.0 Å². The number of ether oxygens (including phenoxy) is 1. The third-order valence-electron chi connectivity index (χ3n) is 8.30. The molecule has 0 aliphatic heterocycles. The van der Waals surface area contributed by atoms with Crippen LogP contribution in [0.3, 0.4) is 0 Å². The number of aliphatic hydroxyl groups is 1. The Morgan fingerprint density at radius 2 is 1.87 bits per heavy atom. The zero-order chi connectivity index (χ0) is 16.4. The van der Waals surface area contributed by atoms with Crippen molar-refractivity contribution in [1.82, 2.24) is 0 Å². The van der Waals surface area contributed by atoms with Gasteiger partial charge in [-0.25, -0.2) is 0 Å². The van der Waals surface area contributed by atoms with Gasteiger partial charge in [-0.05, 0) is 88.4 Å². The number of ketones is 1. The number of rotatable bonds is 1. The second-order valence-corrected chi connectivity index (χ2v) is 9.38. The van der Waals surface area contributed by atoms with E-state index in [1.807, 2.05) is 6.92 Å². The van der Waals surface area contributed by atoms with Gasteiger partial charge >= 0.3 is 0 Å². The van der Waals surface area contributed by atoms with E-state index in [0.717, 1.165) is 44.4 Å². The Bertz CT molecular complexity index is 499. The van der Waals surface area contributed by atoms with Crippen molar-refractivity contribution in [3.8, 4) is 0 Å². The first-order valence-electron chi connectivity index (χ1n) is 9.65. The molecule has 4 fully saturated rings. The van der Waals surface area contributed by atoms with E-state index in [2.05, 4.69) is 6.92 Å². The summed E-state index contributed by atoms with van der Waals surface area (Å²) in [6.45, 7) is 4.20. The van der Waals surface area contributed by atoms with Crippen LogP contribution in [0.5, 0.6) is 0 Å². The standard InChI is InChI=1S/C20H32O3/c1-19(22)9-8-13-12(11-19)4-5-14-15(13)10-18(23-3)20(2)16(14)6-7-17(20)21/h12-16,18,22H,4-11H2,1-3H3/t12-,13+,14-,15-,16+,18-,19-,20+/m1/s1. The van der Waals surface area contributed by atoms with Crippen molar-refractivity contribution >= 4 is 5.78 Å². The van der Waals surface area contributed by atoms with Crippen LogP contribution in [0.25, 0.3) is 0 Å². The van der Waals surface area contributed by atoms with Gasteiger partial charge in [0.2, 0.25) is 0 Å². The Morgan fingerprint density at radius 1 is 1.09 bits per heavy atom. The first-order valence-corrected chi connectivity index (χ1v) is 9.65. The molecule has 4 rings (SSSR count). The van der Waals surface area contributed by atoms with Crippen LogP contribution in [0.15, 0.2) is 0 Å². The summed E-state index contributed by atoms with van der Waals surface area (Å²) in [5.41, 5.74) is -0.690. The maximum atomic E-state index is 12.6. The second kappa shape index (κ2) is 5.29. The van der Waals surface area contributed by atoms with Crippen LogP contribution in [0.2, 0.25) is 0 Å². The summed E-state index contributed by atoms with van der Waals surface area (Å²) in [6, 6.07) is 0. The lowest BCUT2D eigenvalue weighted by molar-refractivity contribution is -0.161. The highest BCUT2D eigenvalue weighted by Gasteiger charge is 2.61. The van der Waals surface area contributed by atoms with Crippen LogP contribution in [0.1, 0.15) is 65.2 Å². The zero-order valence-corrected chi connectivity index (χ0v) is 14.9. The molecule has 130 valence electrons. The fraction of sp³-hybridized carbons (Fsp3) is 0.950. The van der Waals surface area contributed by atoms with Crippen LogP contribution in [-0.2, 0) is 9.53 Å². The maximum Gasteiger partial charge on any atom is 0.141 e. The summed E-state index contributed by atoms with van der Waals surface area (Å²) in [5.74, 6) is 3.82. The quantitative estimate of drug-likeness (QED) is 0.803. The molecule has 0 amide bonds. The molecule has 0 heterocycles. The molecule has 0 saturated heterocycles. The highest BCUT2D eigenvalue weighted by atomic mass is 16.5. The lowest BCUT2D eigenvalue weighted by Gasteiger charge is -2.57. The van der Waals surface area contributed by atoms with Crippen LogP contribution < -0.4 is 0 Å². The van der Waals surface area contributed by atoms with E-state index in [9.17, 15) is 9.90 Å². The molecule has 0 aromatic carbocycles. The number of carbonyl (C=O) groups excluding carboxylic acids is 1. The predicted octanol–water partition coefficient (Wildman–Crippen LogP) is 3.58. The van der Waals surface area contributed by atoms with Crippen molar-refractivity contribution in [2.75, 3.05) is 7.11 Å². The molecular formula is C20H32O3. The molecule has 4 aliphatic rings. The second-order valence-electron chi connectivity index (χ2n) is 9.38. The minimum absolute atomic E-state index is 0.102.